The molecule has 1 aromatic heterocycles. The Morgan fingerprint density at radius 3 is 2.22 bits per heavy atom. The van der Waals surface area contributed by atoms with E-state index in [1.165, 1.54) is 6.92 Å². The van der Waals surface area contributed by atoms with Crippen LogP contribution in [0.3, 0.4) is 0 Å². The van der Waals surface area contributed by atoms with Crippen LogP contribution in [0, 0.1) is 5.92 Å². The zero-order valence-corrected chi connectivity index (χ0v) is 20.5. The molecule has 36 heavy (non-hydrogen) atoms. The van der Waals surface area contributed by atoms with Crippen LogP contribution in [0.5, 0.6) is 0 Å². The number of rotatable bonds is 13. The molecule has 0 aliphatic rings. The van der Waals surface area contributed by atoms with Gasteiger partial charge >= 0.3 is 5.97 Å². The van der Waals surface area contributed by atoms with Crippen LogP contribution in [-0.2, 0) is 25.6 Å². The van der Waals surface area contributed by atoms with Gasteiger partial charge in [0.1, 0.15) is 18.1 Å². The first-order valence-corrected chi connectivity index (χ1v) is 11.7. The fraction of sp³-hybridized carbons (Fsp3) is 0.500. The fourth-order valence-electron chi connectivity index (χ4n) is 3.68. The van der Waals surface area contributed by atoms with Gasteiger partial charge in [0.05, 0.1) is 12.7 Å². The van der Waals surface area contributed by atoms with Crippen molar-refractivity contribution in [2.24, 2.45) is 11.7 Å². The summed E-state index contributed by atoms with van der Waals surface area (Å²) in [4.78, 5) is 53.2. The van der Waals surface area contributed by atoms with E-state index >= 15 is 0 Å². The number of amides is 3. The second-order valence-corrected chi connectivity index (χ2v) is 8.85. The summed E-state index contributed by atoms with van der Waals surface area (Å²) < 4.78 is 0. The predicted octanol–water partition coefficient (Wildman–Crippen LogP) is -1.00. The smallest absolute Gasteiger partial charge is 0.328 e. The minimum absolute atomic E-state index is 0.0556. The highest BCUT2D eigenvalue weighted by atomic mass is 16.4. The molecule has 0 fully saturated rings. The zero-order valence-electron chi connectivity index (χ0n) is 20.5. The number of nitrogens with two attached hydrogens (primary N) is 1. The number of aromatic amines is 1. The third-order valence-electron chi connectivity index (χ3n) is 6.10. The van der Waals surface area contributed by atoms with E-state index in [2.05, 4.69) is 20.9 Å². The maximum Gasteiger partial charge on any atom is 0.328 e. The molecule has 3 amide bonds. The molecule has 9 N–H and O–H groups in total. The van der Waals surface area contributed by atoms with E-state index in [-0.39, 0.29) is 6.42 Å². The monoisotopic (exact) mass is 505 g/mol. The Morgan fingerprint density at radius 2 is 1.64 bits per heavy atom. The number of carbonyl (C=O) groups excluding carboxylic acids is 3. The van der Waals surface area contributed by atoms with Gasteiger partial charge in [-0.25, -0.2) is 4.79 Å². The lowest BCUT2D eigenvalue weighted by molar-refractivity contribution is -0.145. The van der Waals surface area contributed by atoms with Crippen LogP contribution in [-0.4, -0.2) is 80.9 Å². The molecule has 0 saturated heterocycles. The molecular weight excluding hydrogens is 470 g/mol. The van der Waals surface area contributed by atoms with E-state index in [9.17, 15) is 34.5 Å². The minimum atomic E-state index is -1.56. The summed E-state index contributed by atoms with van der Waals surface area (Å²) in [6.45, 7) is 4.11. The van der Waals surface area contributed by atoms with Crippen LogP contribution >= 0.6 is 0 Å². The lowest BCUT2D eigenvalue weighted by atomic mass is 9.96. The topological polar surface area (TPSA) is 207 Å². The summed E-state index contributed by atoms with van der Waals surface area (Å²) >= 11 is 0. The fourth-order valence-corrected chi connectivity index (χ4v) is 3.68. The van der Waals surface area contributed by atoms with Crippen LogP contribution in [0.15, 0.2) is 30.5 Å². The molecule has 6 atom stereocenters. The number of hydrogen-bond donors (Lipinski definition) is 8. The number of hydrogen-bond acceptors (Lipinski definition) is 7. The van der Waals surface area contributed by atoms with Gasteiger partial charge in [-0.05, 0) is 24.5 Å². The maximum atomic E-state index is 13.4. The number of nitrogens with one attached hydrogen (secondary N) is 4. The Balaban J connectivity index is 2.31. The van der Waals surface area contributed by atoms with E-state index in [0.29, 0.717) is 6.42 Å². The van der Waals surface area contributed by atoms with E-state index in [0.717, 1.165) is 16.5 Å². The largest absolute Gasteiger partial charge is 0.480 e. The van der Waals surface area contributed by atoms with Gasteiger partial charge in [0.25, 0.3) is 0 Å². The summed E-state index contributed by atoms with van der Waals surface area (Å²) in [7, 11) is 0. The number of carboxylic acid groups (broad SMARTS) is 1. The van der Waals surface area contributed by atoms with E-state index in [1.807, 2.05) is 24.3 Å². The summed E-state index contributed by atoms with van der Waals surface area (Å²) in [5.41, 5.74) is 7.18. The van der Waals surface area contributed by atoms with Crippen LogP contribution in [0.2, 0.25) is 0 Å². The number of aromatic nitrogens is 1. The van der Waals surface area contributed by atoms with Crippen molar-refractivity contribution in [3.63, 3.8) is 0 Å². The highest BCUT2D eigenvalue weighted by Crippen LogP contribution is 2.19. The highest BCUT2D eigenvalue weighted by Gasteiger charge is 2.34. The number of aliphatic carboxylic acids is 1. The molecule has 2 aromatic rings. The van der Waals surface area contributed by atoms with Gasteiger partial charge in [-0.15, -0.1) is 0 Å². The average Bonchev–Trinajstić information content (AvgIpc) is 3.26. The number of aliphatic hydroxyl groups excluding tert-OH is 2. The SMILES string of the molecule is CCC(C)C(NC(=O)C(Cc1c[nH]c2ccccc12)NC(=O)C(N)CO)C(=O)NC(C(=O)O)C(C)O. The van der Waals surface area contributed by atoms with Gasteiger partial charge in [-0.1, -0.05) is 38.5 Å². The first kappa shape index (κ1) is 28.8. The van der Waals surface area contributed by atoms with Crippen molar-refractivity contribution in [2.75, 3.05) is 6.61 Å². The van der Waals surface area contributed by atoms with E-state index in [4.69, 9.17) is 5.73 Å². The number of carboxylic acids is 1. The first-order chi connectivity index (χ1) is 17.0. The lowest BCUT2D eigenvalue weighted by Gasteiger charge is -2.28. The number of fused-ring (bicyclic) bond motifs is 1. The number of carbonyl (C=O) groups is 4. The molecule has 198 valence electrons. The van der Waals surface area contributed by atoms with E-state index in [1.54, 1.807) is 20.0 Å². The molecule has 1 heterocycles. The molecular formula is C24H35N5O7. The van der Waals surface area contributed by atoms with Crippen molar-refractivity contribution in [3.05, 3.63) is 36.0 Å². The molecule has 12 heteroatoms. The van der Waals surface area contributed by atoms with Crippen LogP contribution < -0.4 is 21.7 Å². The molecule has 6 unspecified atom stereocenters. The lowest BCUT2D eigenvalue weighted by Crippen LogP contribution is -2.60. The van der Waals surface area contributed by atoms with Crippen LogP contribution in [0.1, 0.15) is 32.8 Å². The molecule has 0 bridgehead atoms. The van der Waals surface area contributed by atoms with Crippen LogP contribution in [0.4, 0.5) is 0 Å². The third-order valence-corrected chi connectivity index (χ3v) is 6.10. The van der Waals surface area contributed by atoms with Gasteiger partial charge in [0, 0.05) is 23.5 Å². The standard InChI is InChI=1S/C24H35N5O7/c1-4-12(2)19(23(34)29-20(13(3)31)24(35)36)28-22(33)18(27-21(32)16(25)11-30)9-14-10-26-17-8-6-5-7-15(14)17/h5-8,10,12-13,16,18-20,26,30-31H,4,9,11,25H2,1-3H3,(H,27,32)(H,28,33)(H,29,34)(H,35,36). The van der Waals surface area contributed by atoms with Crippen molar-refractivity contribution in [1.82, 2.24) is 20.9 Å². The van der Waals surface area contributed by atoms with Crippen molar-refractivity contribution in [3.8, 4) is 0 Å². The zero-order chi connectivity index (χ0) is 27.0. The Labute approximate surface area is 208 Å². The van der Waals surface area contributed by atoms with Crippen molar-refractivity contribution in [2.45, 2.75) is 63.9 Å². The molecule has 2 rings (SSSR count). The Bertz CT molecular complexity index is 1070. The number of aliphatic hydroxyl groups is 2. The minimum Gasteiger partial charge on any atom is -0.480 e. The molecule has 0 radical (unpaired) electrons. The summed E-state index contributed by atoms with van der Waals surface area (Å²) in [5.74, 6) is -4.04. The van der Waals surface area contributed by atoms with Gasteiger partial charge in [0.2, 0.25) is 17.7 Å². The quantitative estimate of drug-likeness (QED) is 0.169. The van der Waals surface area contributed by atoms with E-state index < -0.39 is 66.5 Å². The van der Waals surface area contributed by atoms with Gasteiger partial charge in [0.15, 0.2) is 6.04 Å². The second kappa shape index (κ2) is 13.0. The average molecular weight is 506 g/mol. The summed E-state index contributed by atoms with van der Waals surface area (Å²) in [6.07, 6.45) is 0.871. The number of para-hydroxylation sites is 1. The second-order valence-electron chi connectivity index (χ2n) is 8.85. The predicted molar refractivity (Wildman–Crippen MR) is 132 cm³/mol. The maximum absolute atomic E-state index is 13.4. The molecule has 0 aliphatic carbocycles. The van der Waals surface area contributed by atoms with Crippen molar-refractivity contribution >= 4 is 34.6 Å². The van der Waals surface area contributed by atoms with Crippen molar-refractivity contribution < 1.29 is 34.5 Å². The number of benzene rings is 1. The normalized spacial score (nSPS) is 16.3. The summed E-state index contributed by atoms with van der Waals surface area (Å²) in [6, 6.07) is 2.29. The van der Waals surface area contributed by atoms with Gasteiger partial charge in [-0.2, -0.15) is 0 Å². The highest BCUT2D eigenvalue weighted by molar-refractivity contribution is 5.95. The number of H-pyrrole nitrogens is 1. The molecule has 0 saturated carbocycles. The Kier molecular flexibility index (Phi) is 10.4. The van der Waals surface area contributed by atoms with Gasteiger partial charge < -0.3 is 42.0 Å². The molecule has 12 nitrogen and oxygen atoms in total. The Hall–Kier alpha value is -3.48. The Morgan fingerprint density at radius 1 is 1.00 bits per heavy atom. The van der Waals surface area contributed by atoms with Crippen LogP contribution in [0.25, 0.3) is 10.9 Å². The molecule has 0 aliphatic heterocycles. The third kappa shape index (κ3) is 7.26. The molecule has 1 aromatic carbocycles. The van der Waals surface area contributed by atoms with Crippen molar-refractivity contribution in [1.29, 1.82) is 0 Å². The van der Waals surface area contributed by atoms with Gasteiger partial charge in [-0.3, -0.25) is 14.4 Å². The summed E-state index contributed by atoms with van der Waals surface area (Å²) in [5, 5.41) is 36.5. The first-order valence-electron chi connectivity index (χ1n) is 11.7. The molecule has 0 spiro atoms.